The summed E-state index contributed by atoms with van der Waals surface area (Å²) < 4.78 is 0. The van der Waals surface area contributed by atoms with Gasteiger partial charge in [-0.1, -0.05) is 57.0 Å². The van der Waals surface area contributed by atoms with Crippen molar-refractivity contribution in [2.45, 2.75) is 33.1 Å². The van der Waals surface area contributed by atoms with E-state index >= 15 is 0 Å². The number of rotatable bonds is 3. The third-order valence-electron chi connectivity index (χ3n) is 1.72. The van der Waals surface area contributed by atoms with Crippen LogP contribution in [0.25, 0.3) is 0 Å². The molecule has 0 heterocycles. The summed E-state index contributed by atoms with van der Waals surface area (Å²) in [5.41, 5.74) is 5.95. The first-order chi connectivity index (χ1) is 6.70. The third-order valence-corrected chi connectivity index (χ3v) is 1.72. The minimum Gasteiger partial charge on any atom is -0.369 e. The van der Waals surface area contributed by atoms with Crippen LogP contribution in [0.2, 0.25) is 0 Å². The molecule has 0 fully saturated rings. The van der Waals surface area contributed by atoms with Crippen LogP contribution in [0, 0.1) is 0 Å². The number of unbranched alkanes of at least 4 members (excludes halogenated alkanes) is 1. The summed E-state index contributed by atoms with van der Waals surface area (Å²) in [6, 6.07) is 9.44. The fourth-order valence-corrected chi connectivity index (χ4v) is 0.797. The van der Waals surface area contributed by atoms with Crippen LogP contribution in [0.5, 0.6) is 0 Å². The lowest BCUT2D eigenvalue weighted by Crippen LogP contribution is -2.13. The highest BCUT2D eigenvalue weighted by molar-refractivity contribution is 5.76. The van der Waals surface area contributed by atoms with Gasteiger partial charge < -0.3 is 5.73 Å². The first kappa shape index (κ1) is 12.7. The van der Waals surface area contributed by atoms with Crippen LogP contribution in [0.3, 0.4) is 0 Å². The maximum Gasteiger partial charge on any atom is 0.221 e. The molecular weight excluding hydrogens is 174 g/mol. The average Bonchev–Trinajstić information content (AvgIpc) is 2.19. The van der Waals surface area contributed by atoms with Gasteiger partial charge in [0.05, 0.1) is 6.42 Å². The molecule has 0 aromatic heterocycles. The molecule has 2 heteroatoms. The van der Waals surface area contributed by atoms with Crippen molar-refractivity contribution in [1.29, 1.82) is 0 Å². The molecule has 0 saturated carbocycles. The van der Waals surface area contributed by atoms with Crippen molar-refractivity contribution >= 4 is 5.91 Å². The lowest BCUT2D eigenvalue weighted by atomic mass is 10.1. The van der Waals surface area contributed by atoms with Gasteiger partial charge in [-0.05, 0) is 5.56 Å². The molecule has 1 rings (SSSR count). The van der Waals surface area contributed by atoms with Gasteiger partial charge in [0.15, 0.2) is 0 Å². The molecule has 0 aliphatic heterocycles. The second-order valence-electron chi connectivity index (χ2n) is 3.13. The molecule has 1 aromatic rings. The summed E-state index contributed by atoms with van der Waals surface area (Å²) >= 11 is 0. The Balaban J connectivity index is 0.000000364. The first-order valence-electron chi connectivity index (χ1n) is 5.02. The van der Waals surface area contributed by atoms with Crippen LogP contribution in [-0.2, 0) is 11.2 Å². The van der Waals surface area contributed by atoms with E-state index < -0.39 is 0 Å². The Kier molecular flexibility index (Phi) is 7.52. The summed E-state index contributed by atoms with van der Waals surface area (Å²) in [6.45, 7) is 4.36. The van der Waals surface area contributed by atoms with Gasteiger partial charge >= 0.3 is 0 Å². The van der Waals surface area contributed by atoms with E-state index in [-0.39, 0.29) is 5.91 Å². The number of nitrogens with two attached hydrogens (primary N) is 1. The molecule has 2 nitrogen and oxygen atoms in total. The van der Waals surface area contributed by atoms with Crippen molar-refractivity contribution in [2.75, 3.05) is 0 Å². The van der Waals surface area contributed by atoms with E-state index in [1.807, 2.05) is 30.3 Å². The zero-order valence-corrected chi connectivity index (χ0v) is 8.99. The normalized spacial score (nSPS) is 8.71. The summed E-state index contributed by atoms with van der Waals surface area (Å²) in [4.78, 5) is 10.4. The molecule has 0 atom stereocenters. The first-order valence-corrected chi connectivity index (χ1v) is 5.02. The Morgan fingerprint density at radius 2 is 1.64 bits per heavy atom. The SMILES string of the molecule is CCCC.NC(=O)Cc1ccccc1. The molecule has 0 spiro atoms. The summed E-state index contributed by atoms with van der Waals surface area (Å²) in [6.07, 6.45) is 2.97. The standard InChI is InChI=1S/C8H9NO.C4H10/c9-8(10)6-7-4-2-1-3-5-7;1-3-4-2/h1-5H,6H2,(H2,9,10);3-4H2,1-2H3. The maximum atomic E-state index is 10.4. The zero-order valence-electron chi connectivity index (χ0n) is 8.99. The van der Waals surface area contributed by atoms with Gasteiger partial charge in [0.25, 0.3) is 0 Å². The Morgan fingerprint density at radius 1 is 1.14 bits per heavy atom. The van der Waals surface area contributed by atoms with Gasteiger partial charge in [-0.3, -0.25) is 4.79 Å². The molecule has 78 valence electrons. The number of carbonyl (C=O) groups excluding carboxylic acids is 1. The van der Waals surface area contributed by atoms with Gasteiger partial charge in [0, 0.05) is 0 Å². The van der Waals surface area contributed by atoms with E-state index in [2.05, 4.69) is 13.8 Å². The van der Waals surface area contributed by atoms with Crippen molar-refractivity contribution in [3.63, 3.8) is 0 Å². The molecule has 1 aromatic carbocycles. The summed E-state index contributed by atoms with van der Waals surface area (Å²) in [5, 5.41) is 0. The second-order valence-corrected chi connectivity index (χ2v) is 3.13. The van der Waals surface area contributed by atoms with Crippen LogP contribution in [-0.4, -0.2) is 5.91 Å². The highest BCUT2D eigenvalue weighted by Crippen LogP contribution is 1.97. The predicted octanol–water partition coefficient (Wildman–Crippen LogP) is 2.52. The summed E-state index contributed by atoms with van der Waals surface area (Å²) in [5.74, 6) is -0.286. The quantitative estimate of drug-likeness (QED) is 0.787. The zero-order chi connectivity index (χ0) is 10.8. The topological polar surface area (TPSA) is 43.1 Å². The van der Waals surface area contributed by atoms with Crippen LogP contribution < -0.4 is 5.73 Å². The molecule has 0 aliphatic rings. The van der Waals surface area contributed by atoms with Crippen molar-refractivity contribution in [3.8, 4) is 0 Å². The minimum atomic E-state index is -0.286. The van der Waals surface area contributed by atoms with Gasteiger partial charge in [-0.25, -0.2) is 0 Å². The number of hydrogen-bond acceptors (Lipinski definition) is 1. The van der Waals surface area contributed by atoms with E-state index in [0.717, 1.165) is 5.56 Å². The Labute approximate surface area is 86.1 Å². The highest BCUT2D eigenvalue weighted by atomic mass is 16.1. The number of carbonyl (C=O) groups is 1. The lowest BCUT2D eigenvalue weighted by Gasteiger charge is -1.93. The Hall–Kier alpha value is -1.31. The Morgan fingerprint density at radius 3 is 2.00 bits per heavy atom. The third kappa shape index (κ3) is 7.35. The smallest absolute Gasteiger partial charge is 0.221 e. The molecule has 0 aliphatic carbocycles. The van der Waals surface area contributed by atoms with Gasteiger partial charge in [0.1, 0.15) is 0 Å². The number of primary amides is 1. The monoisotopic (exact) mass is 193 g/mol. The minimum absolute atomic E-state index is 0.286. The molecule has 0 bridgehead atoms. The number of amides is 1. The average molecular weight is 193 g/mol. The van der Waals surface area contributed by atoms with Gasteiger partial charge in [-0.15, -0.1) is 0 Å². The largest absolute Gasteiger partial charge is 0.369 e. The van der Waals surface area contributed by atoms with E-state index in [9.17, 15) is 4.79 Å². The molecule has 0 unspecified atom stereocenters. The molecule has 1 amide bonds. The van der Waals surface area contributed by atoms with E-state index in [1.165, 1.54) is 12.8 Å². The van der Waals surface area contributed by atoms with Crippen LogP contribution in [0.1, 0.15) is 32.3 Å². The van der Waals surface area contributed by atoms with E-state index in [1.54, 1.807) is 0 Å². The summed E-state index contributed by atoms with van der Waals surface area (Å²) in [7, 11) is 0. The Bertz CT molecular complexity index is 242. The van der Waals surface area contributed by atoms with Gasteiger partial charge in [0.2, 0.25) is 5.91 Å². The second kappa shape index (κ2) is 8.30. The van der Waals surface area contributed by atoms with Crippen LogP contribution in [0.4, 0.5) is 0 Å². The molecular formula is C12H19NO. The number of benzene rings is 1. The van der Waals surface area contributed by atoms with Crippen molar-refractivity contribution in [3.05, 3.63) is 35.9 Å². The fraction of sp³-hybridized carbons (Fsp3) is 0.417. The predicted molar refractivity (Wildman–Crippen MR) is 59.9 cm³/mol. The van der Waals surface area contributed by atoms with Crippen molar-refractivity contribution < 1.29 is 4.79 Å². The highest BCUT2D eigenvalue weighted by Gasteiger charge is 1.94. The van der Waals surface area contributed by atoms with Crippen molar-refractivity contribution in [1.82, 2.24) is 0 Å². The lowest BCUT2D eigenvalue weighted by molar-refractivity contribution is -0.117. The molecule has 2 N–H and O–H groups in total. The molecule has 0 saturated heterocycles. The van der Waals surface area contributed by atoms with Gasteiger partial charge in [-0.2, -0.15) is 0 Å². The maximum absolute atomic E-state index is 10.4. The van der Waals surface area contributed by atoms with Crippen LogP contribution >= 0.6 is 0 Å². The fourth-order valence-electron chi connectivity index (χ4n) is 0.797. The van der Waals surface area contributed by atoms with E-state index in [0.29, 0.717) is 6.42 Å². The van der Waals surface area contributed by atoms with Crippen molar-refractivity contribution in [2.24, 2.45) is 5.73 Å². The number of hydrogen-bond donors (Lipinski definition) is 1. The van der Waals surface area contributed by atoms with Crippen LogP contribution in [0.15, 0.2) is 30.3 Å². The molecule has 14 heavy (non-hydrogen) atoms. The molecule has 0 radical (unpaired) electrons. The van der Waals surface area contributed by atoms with E-state index in [4.69, 9.17) is 5.73 Å².